The average molecular weight is 363 g/mol. The first kappa shape index (κ1) is 16.5. The molecule has 0 spiro atoms. The Morgan fingerprint density at radius 2 is 2.08 bits per heavy atom. The van der Waals surface area contributed by atoms with Gasteiger partial charge in [-0.2, -0.15) is 13.2 Å². The van der Waals surface area contributed by atoms with Gasteiger partial charge >= 0.3 is 6.18 Å². The van der Waals surface area contributed by atoms with Crippen LogP contribution in [-0.2, 0) is 12.7 Å². The minimum Gasteiger partial charge on any atom is -0.423 e. The molecule has 0 atom stereocenters. The van der Waals surface area contributed by atoms with E-state index in [0.717, 1.165) is 18.9 Å². The summed E-state index contributed by atoms with van der Waals surface area (Å²) < 4.78 is 43.8. The molecule has 0 unspecified atom stereocenters. The lowest BCUT2D eigenvalue weighted by atomic mass is 10.1. The fourth-order valence-electron chi connectivity index (χ4n) is 2.08. The predicted octanol–water partition coefficient (Wildman–Crippen LogP) is 4.14. The van der Waals surface area contributed by atoms with Crippen molar-refractivity contribution in [3.05, 3.63) is 44.6 Å². The Hall–Kier alpha value is -2.36. The summed E-state index contributed by atoms with van der Waals surface area (Å²) in [5, 5.41) is 20.6. The molecule has 0 saturated heterocycles. The number of hydrogen-bond donors (Lipinski definition) is 1. The lowest BCUT2D eigenvalue weighted by Gasteiger charge is -2.11. The summed E-state index contributed by atoms with van der Waals surface area (Å²) in [5.41, 5.74) is -2.17. The third kappa shape index (κ3) is 3.42. The van der Waals surface area contributed by atoms with E-state index in [1.54, 1.807) is 0 Å². The fourth-order valence-corrected chi connectivity index (χ4v) is 2.35. The highest BCUT2D eigenvalue weighted by Crippen LogP contribution is 2.41. The van der Waals surface area contributed by atoms with Crippen LogP contribution in [0, 0.1) is 10.1 Å². The highest BCUT2D eigenvalue weighted by molar-refractivity contribution is 6.31. The number of benzene rings is 1. The summed E-state index contributed by atoms with van der Waals surface area (Å²) in [6.07, 6.45) is -2.85. The maximum absolute atomic E-state index is 12.8. The van der Waals surface area contributed by atoms with Crippen LogP contribution in [0.5, 0.6) is 0 Å². The van der Waals surface area contributed by atoms with E-state index in [4.69, 9.17) is 16.0 Å². The molecule has 128 valence electrons. The molecule has 1 aliphatic rings. The predicted molar refractivity (Wildman–Crippen MR) is 76.7 cm³/mol. The van der Waals surface area contributed by atoms with Gasteiger partial charge in [-0.05, 0) is 18.9 Å². The number of nitrogens with one attached hydrogen (secondary N) is 1. The fraction of sp³-hybridized carbons (Fsp3) is 0.385. The van der Waals surface area contributed by atoms with Crippen LogP contribution in [0.15, 0.2) is 16.5 Å². The second-order valence-corrected chi connectivity index (χ2v) is 5.67. The van der Waals surface area contributed by atoms with Gasteiger partial charge in [0, 0.05) is 12.0 Å². The summed E-state index contributed by atoms with van der Waals surface area (Å²) in [4.78, 5) is 10.1. The average Bonchev–Trinajstić information content (AvgIpc) is 3.22. The molecule has 7 nitrogen and oxygen atoms in total. The SMILES string of the molecule is O=[N+]([O-])c1cc(C(F)(F)F)c(Cl)cc1NCc1nnc(C2CC2)o1. The molecule has 0 amide bonds. The third-order valence-corrected chi connectivity index (χ3v) is 3.74. The molecule has 1 N–H and O–H groups in total. The Labute approximate surface area is 138 Å². The number of nitro groups is 1. The van der Waals surface area contributed by atoms with Crippen LogP contribution in [0.2, 0.25) is 5.02 Å². The standard InChI is InChI=1S/C13H10ClF3N4O3/c14-8-4-9(10(21(22)23)3-7(8)13(15,16)17)18-5-11-19-20-12(24-11)6-1-2-6/h3-4,6,18H,1-2,5H2. The van der Waals surface area contributed by atoms with Crippen LogP contribution >= 0.6 is 11.6 Å². The van der Waals surface area contributed by atoms with Gasteiger partial charge in [-0.1, -0.05) is 11.6 Å². The van der Waals surface area contributed by atoms with Crippen LogP contribution in [0.25, 0.3) is 0 Å². The second kappa shape index (κ2) is 5.93. The first-order valence-electron chi connectivity index (χ1n) is 6.87. The summed E-state index contributed by atoms with van der Waals surface area (Å²) in [7, 11) is 0. The van der Waals surface area contributed by atoms with Crippen LogP contribution in [0.4, 0.5) is 24.5 Å². The summed E-state index contributed by atoms with van der Waals surface area (Å²) in [5.74, 6) is 0.926. The molecule has 0 bridgehead atoms. The van der Waals surface area contributed by atoms with E-state index in [-0.39, 0.29) is 24.0 Å². The van der Waals surface area contributed by atoms with Crippen molar-refractivity contribution in [1.29, 1.82) is 0 Å². The molecule has 11 heteroatoms. The quantitative estimate of drug-likeness (QED) is 0.634. The Balaban J connectivity index is 1.83. The van der Waals surface area contributed by atoms with E-state index in [0.29, 0.717) is 12.0 Å². The van der Waals surface area contributed by atoms with Crippen molar-refractivity contribution in [3.8, 4) is 0 Å². The van der Waals surface area contributed by atoms with Gasteiger partial charge in [0.05, 0.1) is 22.1 Å². The Morgan fingerprint density at radius 1 is 1.38 bits per heavy atom. The molecule has 0 aliphatic heterocycles. The van der Waals surface area contributed by atoms with Crippen molar-refractivity contribution in [1.82, 2.24) is 10.2 Å². The zero-order valence-electron chi connectivity index (χ0n) is 11.9. The van der Waals surface area contributed by atoms with Gasteiger partial charge in [0.1, 0.15) is 5.69 Å². The molecule has 1 aromatic carbocycles. The molecule has 3 rings (SSSR count). The topological polar surface area (TPSA) is 94.1 Å². The highest BCUT2D eigenvalue weighted by Gasteiger charge is 2.36. The third-order valence-electron chi connectivity index (χ3n) is 3.43. The number of alkyl halides is 3. The Kier molecular flexibility index (Phi) is 4.08. The van der Waals surface area contributed by atoms with E-state index in [1.165, 1.54) is 0 Å². The maximum Gasteiger partial charge on any atom is 0.418 e. The van der Waals surface area contributed by atoms with Crippen molar-refractivity contribution in [3.63, 3.8) is 0 Å². The monoisotopic (exact) mass is 362 g/mol. The smallest absolute Gasteiger partial charge is 0.418 e. The first-order valence-corrected chi connectivity index (χ1v) is 7.25. The van der Waals surface area contributed by atoms with Gasteiger partial charge in [-0.15, -0.1) is 10.2 Å². The molecule has 1 saturated carbocycles. The van der Waals surface area contributed by atoms with Crippen molar-refractivity contribution >= 4 is 23.0 Å². The van der Waals surface area contributed by atoms with Gasteiger partial charge in [0.15, 0.2) is 0 Å². The number of nitrogens with zero attached hydrogens (tertiary/aromatic N) is 3. The molecule has 1 fully saturated rings. The van der Waals surface area contributed by atoms with Crippen LogP contribution in [-0.4, -0.2) is 15.1 Å². The van der Waals surface area contributed by atoms with Gasteiger partial charge in [-0.3, -0.25) is 10.1 Å². The van der Waals surface area contributed by atoms with Gasteiger partial charge < -0.3 is 9.73 Å². The summed E-state index contributed by atoms with van der Waals surface area (Å²) >= 11 is 5.59. The van der Waals surface area contributed by atoms with Crippen molar-refractivity contribution in [2.75, 3.05) is 5.32 Å². The van der Waals surface area contributed by atoms with Crippen LogP contribution < -0.4 is 5.32 Å². The van der Waals surface area contributed by atoms with Gasteiger partial charge in [0.2, 0.25) is 11.8 Å². The minimum atomic E-state index is -4.79. The second-order valence-electron chi connectivity index (χ2n) is 5.27. The maximum atomic E-state index is 12.8. The molecule has 1 aliphatic carbocycles. The van der Waals surface area contributed by atoms with Crippen molar-refractivity contribution in [2.45, 2.75) is 31.5 Å². The molecule has 0 radical (unpaired) electrons. The van der Waals surface area contributed by atoms with E-state index in [2.05, 4.69) is 15.5 Å². The number of hydrogen-bond acceptors (Lipinski definition) is 6. The zero-order valence-corrected chi connectivity index (χ0v) is 12.7. The molecular weight excluding hydrogens is 353 g/mol. The highest BCUT2D eigenvalue weighted by atomic mass is 35.5. The molecule has 24 heavy (non-hydrogen) atoms. The van der Waals surface area contributed by atoms with Crippen molar-refractivity contribution < 1.29 is 22.5 Å². The Morgan fingerprint density at radius 3 is 2.67 bits per heavy atom. The van der Waals surface area contributed by atoms with Crippen LogP contribution in [0.1, 0.15) is 36.1 Å². The van der Waals surface area contributed by atoms with E-state index in [9.17, 15) is 23.3 Å². The lowest BCUT2D eigenvalue weighted by Crippen LogP contribution is -2.09. The van der Waals surface area contributed by atoms with E-state index in [1.807, 2.05) is 0 Å². The summed E-state index contributed by atoms with van der Waals surface area (Å²) in [6.45, 7) is -0.0672. The number of rotatable bonds is 5. The minimum absolute atomic E-state index is 0.0672. The normalized spacial score (nSPS) is 14.7. The lowest BCUT2D eigenvalue weighted by molar-refractivity contribution is -0.384. The number of anilines is 1. The first-order chi connectivity index (χ1) is 11.3. The van der Waals surface area contributed by atoms with E-state index < -0.39 is 27.4 Å². The molecule has 2 aromatic rings. The molecule has 1 aromatic heterocycles. The number of aromatic nitrogens is 2. The molecular formula is C13H10ClF3N4O3. The van der Waals surface area contributed by atoms with Gasteiger partial charge in [0.25, 0.3) is 5.69 Å². The Bertz CT molecular complexity index is 789. The molecule has 1 heterocycles. The largest absolute Gasteiger partial charge is 0.423 e. The zero-order chi connectivity index (χ0) is 17.5. The number of halogens is 4. The number of nitro benzene ring substituents is 1. The van der Waals surface area contributed by atoms with Crippen molar-refractivity contribution in [2.24, 2.45) is 0 Å². The van der Waals surface area contributed by atoms with E-state index >= 15 is 0 Å². The van der Waals surface area contributed by atoms with Gasteiger partial charge in [-0.25, -0.2) is 0 Å². The summed E-state index contributed by atoms with van der Waals surface area (Å²) in [6, 6.07) is 1.26. The van der Waals surface area contributed by atoms with Crippen LogP contribution in [0.3, 0.4) is 0 Å².